The van der Waals surface area contributed by atoms with Gasteiger partial charge in [0.25, 0.3) is 0 Å². The summed E-state index contributed by atoms with van der Waals surface area (Å²) in [6, 6.07) is 10.9. The minimum Gasteiger partial charge on any atom is -0.318 e. The Morgan fingerprint density at radius 1 is 1.20 bits per heavy atom. The Kier molecular flexibility index (Phi) is 2.68. The van der Waals surface area contributed by atoms with Crippen LogP contribution in [0.1, 0.15) is 50.8 Å². The van der Waals surface area contributed by atoms with Gasteiger partial charge in [-0.05, 0) is 43.6 Å². The van der Waals surface area contributed by atoms with Crippen molar-refractivity contribution in [2.75, 3.05) is 0 Å². The van der Waals surface area contributed by atoms with Gasteiger partial charge in [-0.3, -0.25) is 10.1 Å². The molecule has 1 heterocycles. The zero-order valence-electron chi connectivity index (χ0n) is 12.0. The Morgan fingerprint density at radius 3 is 2.55 bits per heavy atom. The minimum atomic E-state index is -0.216. The largest absolute Gasteiger partial charge is 0.318 e. The third kappa shape index (κ3) is 1.80. The van der Waals surface area contributed by atoms with E-state index in [1.54, 1.807) is 0 Å². The first kappa shape index (κ1) is 12.4. The maximum atomic E-state index is 12.8. The maximum absolute atomic E-state index is 12.8. The first-order valence-corrected chi connectivity index (χ1v) is 7.85. The first-order valence-electron chi connectivity index (χ1n) is 7.85. The van der Waals surface area contributed by atoms with Gasteiger partial charge in [-0.15, -0.1) is 0 Å². The molecule has 1 saturated heterocycles. The number of benzene rings is 1. The lowest BCUT2D eigenvalue weighted by Crippen LogP contribution is -2.39. The average molecular weight is 270 g/mol. The van der Waals surface area contributed by atoms with Crippen LogP contribution in [0.15, 0.2) is 30.3 Å². The molecule has 4 rings (SSSR count). The Bertz CT molecular complexity index is 523. The van der Waals surface area contributed by atoms with Crippen molar-refractivity contribution in [3.8, 4) is 0 Å². The summed E-state index contributed by atoms with van der Waals surface area (Å²) in [5.41, 5.74) is 1.01. The Balaban J connectivity index is 1.67. The number of hydrogen-bond acceptors (Lipinski definition) is 2. The molecular weight excluding hydrogens is 248 g/mol. The van der Waals surface area contributed by atoms with Gasteiger partial charge >= 0.3 is 0 Å². The molecule has 3 unspecified atom stereocenters. The number of hydrogen-bond donors (Lipinski definition) is 1. The summed E-state index contributed by atoms with van der Waals surface area (Å²) < 4.78 is 0. The van der Waals surface area contributed by atoms with Crippen molar-refractivity contribution in [3.05, 3.63) is 35.9 Å². The van der Waals surface area contributed by atoms with Crippen LogP contribution in [0.3, 0.4) is 0 Å². The highest BCUT2D eigenvalue weighted by atomic mass is 16.2. The van der Waals surface area contributed by atoms with E-state index < -0.39 is 0 Å². The molecule has 3 aliphatic rings. The second-order valence-corrected chi connectivity index (χ2v) is 6.82. The zero-order valence-corrected chi connectivity index (χ0v) is 12.0. The van der Waals surface area contributed by atoms with Crippen LogP contribution >= 0.6 is 0 Å². The fraction of sp³-hybridized carbons (Fsp3) is 0.588. The van der Waals surface area contributed by atoms with Gasteiger partial charge < -0.3 is 4.90 Å². The summed E-state index contributed by atoms with van der Waals surface area (Å²) in [6.45, 7) is 2.30. The van der Waals surface area contributed by atoms with E-state index in [2.05, 4.69) is 41.4 Å². The van der Waals surface area contributed by atoms with Gasteiger partial charge in [0, 0.05) is 6.04 Å². The van der Waals surface area contributed by atoms with Crippen LogP contribution in [-0.4, -0.2) is 22.4 Å². The van der Waals surface area contributed by atoms with Crippen LogP contribution in [0, 0.1) is 5.92 Å². The fourth-order valence-corrected chi connectivity index (χ4v) is 3.93. The van der Waals surface area contributed by atoms with Crippen molar-refractivity contribution in [3.63, 3.8) is 0 Å². The zero-order chi connectivity index (χ0) is 13.7. The Hall–Kier alpha value is -1.35. The lowest BCUT2D eigenvalue weighted by Gasteiger charge is -2.30. The number of carbonyl (C=O) groups excluding carboxylic acids is 1. The molecule has 3 fully saturated rings. The molecule has 1 aromatic rings. The van der Waals surface area contributed by atoms with Gasteiger partial charge in [-0.1, -0.05) is 37.3 Å². The van der Waals surface area contributed by atoms with Crippen LogP contribution in [0.25, 0.3) is 0 Å². The van der Waals surface area contributed by atoms with Crippen LogP contribution in [0.4, 0.5) is 0 Å². The third-order valence-corrected chi connectivity index (χ3v) is 5.26. The molecular formula is C17H22N2O. The van der Waals surface area contributed by atoms with Crippen molar-refractivity contribution in [1.29, 1.82) is 0 Å². The van der Waals surface area contributed by atoms with Gasteiger partial charge in [0.05, 0.1) is 0 Å². The van der Waals surface area contributed by atoms with Crippen LogP contribution in [0.5, 0.6) is 0 Å². The number of carbonyl (C=O) groups is 1. The van der Waals surface area contributed by atoms with E-state index in [4.69, 9.17) is 0 Å². The van der Waals surface area contributed by atoms with E-state index in [0.717, 1.165) is 31.6 Å². The number of nitrogens with zero attached hydrogens (tertiary/aromatic N) is 1. The molecule has 2 aliphatic carbocycles. The molecule has 2 saturated carbocycles. The van der Waals surface area contributed by atoms with Crippen molar-refractivity contribution < 1.29 is 4.79 Å². The molecule has 20 heavy (non-hydrogen) atoms. The van der Waals surface area contributed by atoms with E-state index >= 15 is 0 Å². The minimum absolute atomic E-state index is 0.0847. The summed E-state index contributed by atoms with van der Waals surface area (Å²) in [5, 5.41) is 3.63. The second kappa shape index (κ2) is 4.32. The quantitative estimate of drug-likeness (QED) is 0.896. The molecule has 0 bridgehead atoms. The van der Waals surface area contributed by atoms with Gasteiger partial charge in [0.15, 0.2) is 0 Å². The third-order valence-electron chi connectivity index (χ3n) is 5.26. The number of amides is 1. The van der Waals surface area contributed by atoms with Gasteiger partial charge in [-0.2, -0.15) is 0 Å². The van der Waals surface area contributed by atoms with Crippen molar-refractivity contribution in [2.24, 2.45) is 5.92 Å². The SMILES string of the molecule is CC1CCC(N2C(=O)C3(CC3)NC2c2ccccc2)C1. The van der Waals surface area contributed by atoms with Gasteiger partial charge in [0.2, 0.25) is 5.91 Å². The van der Waals surface area contributed by atoms with E-state index in [0.29, 0.717) is 11.9 Å². The molecule has 106 valence electrons. The summed E-state index contributed by atoms with van der Waals surface area (Å²) in [7, 11) is 0. The number of rotatable bonds is 2. The molecule has 3 heteroatoms. The predicted molar refractivity (Wildman–Crippen MR) is 77.9 cm³/mol. The van der Waals surface area contributed by atoms with Gasteiger partial charge in [0.1, 0.15) is 11.7 Å². The lowest BCUT2D eigenvalue weighted by molar-refractivity contribution is -0.133. The normalized spacial score (nSPS) is 35.0. The molecule has 0 radical (unpaired) electrons. The van der Waals surface area contributed by atoms with Crippen molar-refractivity contribution in [1.82, 2.24) is 10.2 Å². The highest BCUT2D eigenvalue weighted by molar-refractivity contribution is 5.92. The summed E-state index contributed by atoms with van der Waals surface area (Å²) >= 11 is 0. The molecule has 3 atom stereocenters. The molecule has 1 spiro atoms. The molecule has 1 N–H and O–H groups in total. The van der Waals surface area contributed by atoms with E-state index in [1.807, 2.05) is 6.07 Å². The number of nitrogens with one attached hydrogen (secondary N) is 1. The van der Waals surface area contributed by atoms with Crippen molar-refractivity contribution in [2.45, 2.75) is 56.8 Å². The summed E-state index contributed by atoms with van der Waals surface area (Å²) in [5.74, 6) is 1.10. The van der Waals surface area contributed by atoms with Crippen LogP contribution in [-0.2, 0) is 4.79 Å². The monoisotopic (exact) mass is 270 g/mol. The molecule has 0 aromatic heterocycles. The average Bonchev–Trinajstić information content (AvgIpc) is 3.04. The van der Waals surface area contributed by atoms with E-state index in [1.165, 1.54) is 12.0 Å². The summed E-state index contributed by atoms with van der Waals surface area (Å²) in [6.07, 6.45) is 5.67. The fourth-order valence-electron chi connectivity index (χ4n) is 3.93. The van der Waals surface area contributed by atoms with Gasteiger partial charge in [-0.25, -0.2) is 0 Å². The summed E-state index contributed by atoms with van der Waals surface area (Å²) in [4.78, 5) is 15.0. The van der Waals surface area contributed by atoms with E-state index in [9.17, 15) is 4.79 Å². The standard InChI is InChI=1S/C17H22N2O/c1-12-7-8-14(11-12)19-15(13-5-3-2-4-6-13)18-17(9-10-17)16(19)20/h2-6,12,14-15,18H,7-11H2,1H3. The predicted octanol–water partition coefficient (Wildman–Crippen LogP) is 2.84. The second-order valence-electron chi connectivity index (χ2n) is 6.82. The first-order chi connectivity index (χ1) is 9.70. The van der Waals surface area contributed by atoms with E-state index in [-0.39, 0.29) is 11.7 Å². The van der Waals surface area contributed by atoms with Crippen LogP contribution < -0.4 is 5.32 Å². The lowest BCUT2D eigenvalue weighted by atomic mass is 10.1. The highest BCUT2D eigenvalue weighted by Crippen LogP contribution is 2.48. The smallest absolute Gasteiger partial charge is 0.244 e. The van der Waals surface area contributed by atoms with Crippen LogP contribution in [0.2, 0.25) is 0 Å². The highest BCUT2D eigenvalue weighted by Gasteiger charge is 2.60. The van der Waals surface area contributed by atoms with Crippen molar-refractivity contribution >= 4 is 5.91 Å². The molecule has 1 aromatic carbocycles. The molecule has 3 nitrogen and oxygen atoms in total. The topological polar surface area (TPSA) is 32.3 Å². The molecule has 1 aliphatic heterocycles. The Labute approximate surface area is 120 Å². The maximum Gasteiger partial charge on any atom is 0.244 e. The Morgan fingerprint density at radius 2 is 1.95 bits per heavy atom. The molecule has 1 amide bonds.